The summed E-state index contributed by atoms with van der Waals surface area (Å²) in [4.78, 5) is 31.9. The van der Waals surface area contributed by atoms with Crippen LogP contribution in [0.15, 0.2) is 42.6 Å². The van der Waals surface area contributed by atoms with Crippen LogP contribution in [-0.2, 0) is 17.9 Å². The molecule has 31 heavy (non-hydrogen) atoms. The standard InChI is InChI=1S/C23H30N6O2/c24-20(15-29-13-18-3-1-2-4-19(18)14-29)12-26-23(31)17-5-8-25-22(11-17)27-21-6-9-28(16-30)10-7-21/h1-5,8,11,16,20-21H,6-7,9-10,12-15,24H2,(H,25,27)(H,26,31). The number of rotatable bonds is 8. The van der Waals surface area contributed by atoms with Crippen molar-refractivity contribution in [2.45, 2.75) is 38.0 Å². The number of piperidine rings is 1. The highest BCUT2D eigenvalue weighted by molar-refractivity contribution is 5.94. The molecular formula is C23H30N6O2. The number of benzene rings is 1. The lowest BCUT2D eigenvalue weighted by Crippen LogP contribution is -2.43. The van der Waals surface area contributed by atoms with Crippen molar-refractivity contribution in [3.63, 3.8) is 0 Å². The number of carbonyl (C=O) groups excluding carboxylic acids is 2. The topological polar surface area (TPSA) is 104 Å². The van der Waals surface area contributed by atoms with Crippen LogP contribution in [0.5, 0.6) is 0 Å². The van der Waals surface area contributed by atoms with Crippen LogP contribution in [0.1, 0.15) is 34.3 Å². The van der Waals surface area contributed by atoms with E-state index in [1.807, 2.05) is 0 Å². The van der Waals surface area contributed by atoms with Crippen molar-refractivity contribution < 1.29 is 9.59 Å². The average molecular weight is 423 g/mol. The number of hydrogen-bond acceptors (Lipinski definition) is 6. The molecule has 1 fully saturated rings. The summed E-state index contributed by atoms with van der Waals surface area (Å²) in [6, 6.07) is 12.0. The highest BCUT2D eigenvalue weighted by atomic mass is 16.1. The van der Waals surface area contributed by atoms with Gasteiger partial charge >= 0.3 is 0 Å². The number of amides is 2. The molecule has 0 spiro atoms. The summed E-state index contributed by atoms with van der Waals surface area (Å²) >= 11 is 0. The maximum Gasteiger partial charge on any atom is 0.251 e. The predicted molar refractivity (Wildman–Crippen MR) is 119 cm³/mol. The molecule has 1 aromatic heterocycles. The van der Waals surface area contributed by atoms with Crippen molar-refractivity contribution >= 4 is 18.1 Å². The van der Waals surface area contributed by atoms with Crippen molar-refractivity contribution in [1.29, 1.82) is 0 Å². The Labute approximate surface area is 182 Å². The molecule has 2 aliphatic rings. The van der Waals surface area contributed by atoms with E-state index in [9.17, 15) is 9.59 Å². The summed E-state index contributed by atoms with van der Waals surface area (Å²) in [5, 5.41) is 6.32. The van der Waals surface area contributed by atoms with Crippen LogP contribution in [0.4, 0.5) is 5.82 Å². The van der Waals surface area contributed by atoms with Crippen LogP contribution in [0, 0.1) is 0 Å². The number of fused-ring (bicyclic) bond motifs is 1. The van der Waals surface area contributed by atoms with Crippen LogP contribution >= 0.6 is 0 Å². The Hall–Kier alpha value is -2.97. The number of anilines is 1. The van der Waals surface area contributed by atoms with Gasteiger partial charge in [0, 0.05) is 63.1 Å². The third-order valence-corrected chi connectivity index (χ3v) is 5.98. The van der Waals surface area contributed by atoms with Crippen LogP contribution in [0.3, 0.4) is 0 Å². The highest BCUT2D eigenvalue weighted by Gasteiger charge is 2.21. The third kappa shape index (κ3) is 5.59. The fourth-order valence-electron chi connectivity index (χ4n) is 4.26. The van der Waals surface area contributed by atoms with Crippen LogP contribution in [-0.4, -0.2) is 65.4 Å². The first-order chi connectivity index (χ1) is 15.1. The lowest BCUT2D eigenvalue weighted by Gasteiger charge is -2.30. The highest BCUT2D eigenvalue weighted by Crippen LogP contribution is 2.22. The van der Waals surface area contributed by atoms with Crippen LogP contribution < -0.4 is 16.4 Å². The lowest BCUT2D eigenvalue weighted by atomic mass is 10.1. The Morgan fingerprint density at radius 3 is 2.58 bits per heavy atom. The fraction of sp³-hybridized carbons (Fsp3) is 0.435. The smallest absolute Gasteiger partial charge is 0.251 e. The predicted octanol–water partition coefficient (Wildman–Crippen LogP) is 1.19. The van der Waals surface area contributed by atoms with E-state index in [0.29, 0.717) is 17.9 Å². The van der Waals surface area contributed by atoms with Gasteiger partial charge in [-0.3, -0.25) is 14.5 Å². The van der Waals surface area contributed by atoms with Gasteiger partial charge in [-0.1, -0.05) is 24.3 Å². The minimum atomic E-state index is -0.151. The Bertz CT molecular complexity index is 887. The van der Waals surface area contributed by atoms with E-state index in [-0.39, 0.29) is 18.0 Å². The molecular weight excluding hydrogens is 392 g/mol. The number of pyridine rings is 1. The van der Waals surface area contributed by atoms with Crippen molar-refractivity contribution in [3.05, 3.63) is 59.3 Å². The first-order valence-corrected chi connectivity index (χ1v) is 10.9. The second-order valence-corrected chi connectivity index (χ2v) is 8.40. The van der Waals surface area contributed by atoms with Gasteiger partial charge < -0.3 is 21.3 Å². The molecule has 1 aromatic carbocycles. The second kappa shape index (κ2) is 9.89. The van der Waals surface area contributed by atoms with Crippen molar-refractivity contribution in [2.75, 3.05) is 31.5 Å². The van der Waals surface area contributed by atoms with E-state index in [0.717, 1.165) is 52.0 Å². The Balaban J connectivity index is 1.23. The minimum Gasteiger partial charge on any atom is -0.367 e. The van der Waals surface area contributed by atoms with E-state index in [4.69, 9.17) is 5.73 Å². The zero-order chi connectivity index (χ0) is 21.6. The second-order valence-electron chi connectivity index (χ2n) is 8.40. The molecule has 164 valence electrons. The number of nitrogens with zero attached hydrogens (tertiary/aromatic N) is 3. The quantitative estimate of drug-likeness (QED) is 0.552. The number of hydrogen-bond donors (Lipinski definition) is 3. The van der Waals surface area contributed by atoms with E-state index >= 15 is 0 Å². The summed E-state index contributed by atoms with van der Waals surface area (Å²) < 4.78 is 0. The number of nitrogens with two attached hydrogens (primary N) is 1. The summed E-state index contributed by atoms with van der Waals surface area (Å²) in [6.45, 7) is 4.44. The monoisotopic (exact) mass is 422 g/mol. The number of carbonyl (C=O) groups is 2. The van der Waals surface area contributed by atoms with Crippen molar-refractivity contribution in [3.8, 4) is 0 Å². The lowest BCUT2D eigenvalue weighted by molar-refractivity contribution is -0.118. The van der Waals surface area contributed by atoms with Crippen LogP contribution in [0.2, 0.25) is 0 Å². The number of aromatic nitrogens is 1. The molecule has 4 rings (SSSR count). The van der Waals surface area contributed by atoms with Crippen molar-refractivity contribution in [1.82, 2.24) is 20.1 Å². The minimum absolute atomic E-state index is 0.138. The van der Waals surface area contributed by atoms with Gasteiger partial charge in [-0.2, -0.15) is 0 Å². The Kier molecular flexibility index (Phi) is 6.79. The summed E-state index contributed by atoms with van der Waals surface area (Å²) in [5.74, 6) is 0.526. The van der Waals surface area contributed by atoms with E-state index in [1.165, 1.54) is 11.1 Å². The first-order valence-electron chi connectivity index (χ1n) is 10.9. The number of nitrogens with one attached hydrogen (secondary N) is 2. The summed E-state index contributed by atoms with van der Waals surface area (Å²) in [7, 11) is 0. The Morgan fingerprint density at radius 1 is 1.19 bits per heavy atom. The van der Waals surface area contributed by atoms with Gasteiger partial charge in [0.2, 0.25) is 6.41 Å². The normalized spacial score (nSPS) is 17.8. The van der Waals surface area contributed by atoms with Gasteiger partial charge in [0.25, 0.3) is 5.91 Å². The molecule has 0 bridgehead atoms. The van der Waals surface area contributed by atoms with E-state index < -0.39 is 0 Å². The molecule has 3 heterocycles. The number of likely N-dealkylation sites (tertiary alicyclic amines) is 1. The molecule has 1 atom stereocenters. The van der Waals surface area contributed by atoms with Crippen molar-refractivity contribution in [2.24, 2.45) is 5.73 Å². The van der Waals surface area contributed by atoms with E-state index in [2.05, 4.69) is 44.8 Å². The summed E-state index contributed by atoms with van der Waals surface area (Å²) in [6.07, 6.45) is 4.27. The average Bonchev–Trinajstić information content (AvgIpc) is 3.20. The Morgan fingerprint density at radius 2 is 1.90 bits per heavy atom. The summed E-state index contributed by atoms with van der Waals surface area (Å²) in [5.41, 5.74) is 9.55. The molecule has 8 heteroatoms. The van der Waals surface area contributed by atoms with Gasteiger partial charge in [0.05, 0.1) is 0 Å². The molecule has 1 unspecified atom stereocenters. The molecule has 0 saturated carbocycles. The largest absolute Gasteiger partial charge is 0.367 e. The molecule has 8 nitrogen and oxygen atoms in total. The third-order valence-electron chi connectivity index (χ3n) is 5.98. The molecule has 1 saturated heterocycles. The zero-order valence-corrected chi connectivity index (χ0v) is 17.7. The fourth-order valence-corrected chi connectivity index (χ4v) is 4.26. The van der Waals surface area contributed by atoms with Crippen LogP contribution in [0.25, 0.3) is 0 Å². The van der Waals surface area contributed by atoms with Gasteiger partial charge in [0.15, 0.2) is 0 Å². The van der Waals surface area contributed by atoms with Gasteiger partial charge in [0.1, 0.15) is 5.82 Å². The maximum absolute atomic E-state index is 12.6. The molecule has 2 amide bonds. The first kappa shape index (κ1) is 21.3. The molecule has 0 aliphatic carbocycles. The molecule has 2 aromatic rings. The van der Waals surface area contributed by atoms with Gasteiger partial charge in [-0.15, -0.1) is 0 Å². The van der Waals surface area contributed by atoms with E-state index in [1.54, 1.807) is 23.2 Å². The molecule has 0 radical (unpaired) electrons. The zero-order valence-electron chi connectivity index (χ0n) is 17.7. The molecule has 2 aliphatic heterocycles. The molecule has 4 N–H and O–H groups in total. The van der Waals surface area contributed by atoms with Gasteiger partial charge in [-0.25, -0.2) is 4.98 Å². The maximum atomic E-state index is 12.6. The SMILES string of the molecule is NC(CNC(=O)c1ccnc(NC2CCN(C=O)CC2)c1)CN1Cc2ccccc2C1. The van der Waals surface area contributed by atoms with Gasteiger partial charge in [-0.05, 0) is 36.1 Å².